The lowest BCUT2D eigenvalue weighted by molar-refractivity contribution is -0.302. The van der Waals surface area contributed by atoms with Crippen molar-refractivity contribution in [1.82, 2.24) is 5.32 Å². The average Bonchev–Trinajstić information content (AvgIpc) is 3.40. The van der Waals surface area contributed by atoms with E-state index in [1.54, 1.807) is 6.08 Å². The van der Waals surface area contributed by atoms with Gasteiger partial charge in [0.15, 0.2) is 6.29 Å². The van der Waals surface area contributed by atoms with Crippen molar-refractivity contribution in [3.8, 4) is 0 Å². The monoisotopic (exact) mass is 1030 g/mol. The number of rotatable bonds is 47. The Morgan fingerprint density at radius 3 is 1.30 bits per heavy atom. The highest BCUT2D eigenvalue weighted by molar-refractivity contribution is 5.76. The van der Waals surface area contributed by atoms with Gasteiger partial charge in [-0.05, 0) is 116 Å². The minimum absolute atomic E-state index is 0.217. The third-order valence-electron chi connectivity index (χ3n) is 12.6. The number of nitrogens with one attached hydrogen (secondary N) is 1. The molecule has 1 aliphatic heterocycles. The molecule has 9 nitrogen and oxygen atoms in total. The van der Waals surface area contributed by atoms with Crippen LogP contribution in [0.2, 0.25) is 0 Å². The Hall–Kier alpha value is -3.93. The molecule has 0 aromatic heterocycles. The molecule has 1 aliphatic rings. The van der Waals surface area contributed by atoms with Crippen molar-refractivity contribution in [1.29, 1.82) is 0 Å². The fraction of sp³-hybridized carbons (Fsp3) is 0.615. The third kappa shape index (κ3) is 41.3. The zero-order valence-electron chi connectivity index (χ0n) is 46.3. The van der Waals surface area contributed by atoms with Gasteiger partial charge in [-0.3, -0.25) is 4.79 Å². The first-order chi connectivity index (χ1) is 36.3. The van der Waals surface area contributed by atoms with Crippen LogP contribution in [-0.4, -0.2) is 87.5 Å². The third-order valence-corrected chi connectivity index (χ3v) is 12.6. The molecular weight excluding hydrogens is 923 g/mol. The fourth-order valence-electron chi connectivity index (χ4n) is 8.06. The molecule has 0 saturated carbocycles. The van der Waals surface area contributed by atoms with Crippen molar-refractivity contribution in [2.45, 2.75) is 243 Å². The van der Waals surface area contributed by atoms with Crippen LogP contribution < -0.4 is 5.32 Å². The second-order valence-corrected chi connectivity index (χ2v) is 19.3. The molecule has 1 rings (SSSR count). The highest BCUT2D eigenvalue weighted by Crippen LogP contribution is 2.22. The molecule has 1 amide bonds. The maximum atomic E-state index is 13.0. The number of allylic oxidation sites excluding steroid dienone is 23. The maximum Gasteiger partial charge on any atom is 0.220 e. The SMILES string of the molecule is CC/C=C\C/C=C\C/C=C\C/C=C\C/C=C\C/C=C\C/C=C\C/C=C\C/C=C\CCCCCCCC(=O)NC(COC1OC(CO)C(O)C(O)C1O)C(O)/C=C/CC/C=C/CC/C=C/CCCCCCCCCC. The number of ether oxygens (including phenoxy) is 2. The summed E-state index contributed by atoms with van der Waals surface area (Å²) in [5.41, 5.74) is 0. The minimum atomic E-state index is -1.59. The summed E-state index contributed by atoms with van der Waals surface area (Å²) < 4.78 is 11.2. The Kier molecular flexibility index (Phi) is 48.3. The molecule has 0 aromatic rings. The first kappa shape index (κ1) is 68.1. The highest BCUT2D eigenvalue weighted by atomic mass is 16.7. The van der Waals surface area contributed by atoms with E-state index in [0.29, 0.717) is 12.8 Å². The van der Waals surface area contributed by atoms with Gasteiger partial charge in [0.2, 0.25) is 5.91 Å². The molecule has 6 N–H and O–H groups in total. The zero-order chi connectivity index (χ0) is 53.6. The van der Waals surface area contributed by atoms with E-state index in [1.807, 2.05) is 6.08 Å². The smallest absolute Gasteiger partial charge is 0.220 e. The molecule has 0 bridgehead atoms. The number of hydrogen-bond donors (Lipinski definition) is 6. The van der Waals surface area contributed by atoms with Crippen LogP contribution in [-0.2, 0) is 14.3 Å². The van der Waals surface area contributed by atoms with Gasteiger partial charge in [-0.1, -0.05) is 224 Å². The van der Waals surface area contributed by atoms with Gasteiger partial charge in [-0.25, -0.2) is 0 Å². The molecule has 1 saturated heterocycles. The van der Waals surface area contributed by atoms with Crippen LogP contribution in [0.15, 0.2) is 146 Å². The lowest BCUT2D eigenvalue weighted by atomic mass is 9.99. The maximum absolute atomic E-state index is 13.0. The van der Waals surface area contributed by atoms with Crippen LogP contribution >= 0.6 is 0 Å². The number of carbonyl (C=O) groups is 1. The van der Waals surface area contributed by atoms with Crippen LogP contribution in [0, 0.1) is 0 Å². The van der Waals surface area contributed by atoms with E-state index < -0.39 is 49.5 Å². The van der Waals surface area contributed by atoms with Gasteiger partial charge < -0.3 is 40.3 Å². The fourth-order valence-corrected chi connectivity index (χ4v) is 8.06. The van der Waals surface area contributed by atoms with Crippen molar-refractivity contribution >= 4 is 5.91 Å². The van der Waals surface area contributed by atoms with Crippen molar-refractivity contribution in [3.05, 3.63) is 146 Å². The Balaban J connectivity index is 2.28. The number of aliphatic hydroxyl groups excluding tert-OH is 5. The van der Waals surface area contributed by atoms with E-state index in [4.69, 9.17) is 9.47 Å². The van der Waals surface area contributed by atoms with E-state index in [2.05, 4.69) is 153 Å². The minimum Gasteiger partial charge on any atom is -0.394 e. The summed E-state index contributed by atoms with van der Waals surface area (Å²) in [6.07, 6.45) is 74.7. The molecule has 1 heterocycles. The van der Waals surface area contributed by atoms with Gasteiger partial charge in [0.05, 0.1) is 25.4 Å². The van der Waals surface area contributed by atoms with E-state index in [0.717, 1.165) is 122 Å². The number of hydrogen-bond acceptors (Lipinski definition) is 8. The average molecular weight is 1030 g/mol. The molecule has 0 aliphatic carbocycles. The van der Waals surface area contributed by atoms with Gasteiger partial charge in [-0.15, -0.1) is 0 Å². The summed E-state index contributed by atoms with van der Waals surface area (Å²) in [7, 11) is 0. The molecule has 7 unspecified atom stereocenters. The summed E-state index contributed by atoms with van der Waals surface area (Å²) in [6.45, 7) is 3.61. The van der Waals surface area contributed by atoms with Crippen LogP contribution in [0.3, 0.4) is 0 Å². The van der Waals surface area contributed by atoms with Gasteiger partial charge in [0.1, 0.15) is 24.4 Å². The number of amides is 1. The highest BCUT2D eigenvalue weighted by Gasteiger charge is 2.44. The molecule has 74 heavy (non-hydrogen) atoms. The Labute approximate surface area is 451 Å². The molecule has 0 aromatic carbocycles. The number of carbonyl (C=O) groups excluding carboxylic acids is 1. The standard InChI is InChI=1S/C65H105NO8/c1-3-5-7-9-11-13-15-17-19-21-23-24-25-26-27-28-29-30-31-32-33-34-35-36-37-39-41-43-45-47-49-51-53-55-61(69)66-58(57-73-65-64(72)63(71)62(70)60(56-67)74-65)59(68)54-52-50-48-46-44-42-40-38-22-20-18-16-14-12-10-8-6-4-2/h5,7,11,13,17,19,22-24,26-27,29-30,32-33,35-36,38-39,41,44,46,52,54,58-60,62-65,67-68,70-72H,3-4,6,8-10,12,14-16,18,20-21,25,28,31,34,37,40,42-43,45,47-51,53,55-57H2,1-2H3,(H,66,69)/b7-5-,13-11-,19-17-,24-23-,27-26-,30-29-,33-32-,36-35-,38-22+,41-39-,46-44+,54-52+. The normalized spacial score (nSPS) is 20.1. The van der Waals surface area contributed by atoms with Gasteiger partial charge >= 0.3 is 0 Å². The lowest BCUT2D eigenvalue weighted by Gasteiger charge is -2.40. The van der Waals surface area contributed by atoms with Gasteiger partial charge in [0, 0.05) is 6.42 Å². The Morgan fingerprint density at radius 2 is 0.851 bits per heavy atom. The summed E-state index contributed by atoms with van der Waals surface area (Å²) in [5.74, 6) is -0.217. The summed E-state index contributed by atoms with van der Waals surface area (Å²) in [4.78, 5) is 13.0. The predicted molar refractivity (Wildman–Crippen MR) is 313 cm³/mol. The van der Waals surface area contributed by atoms with Gasteiger partial charge in [0.25, 0.3) is 0 Å². The van der Waals surface area contributed by atoms with Crippen LogP contribution in [0.25, 0.3) is 0 Å². The molecule has 9 heteroatoms. The molecule has 1 fully saturated rings. The Bertz CT molecular complexity index is 1660. The summed E-state index contributed by atoms with van der Waals surface area (Å²) >= 11 is 0. The van der Waals surface area contributed by atoms with E-state index >= 15 is 0 Å². The second-order valence-electron chi connectivity index (χ2n) is 19.3. The van der Waals surface area contributed by atoms with E-state index in [1.165, 1.54) is 51.4 Å². The van der Waals surface area contributed by atoms with Crippen LogP contribution in [0.5, 0.6) is 0 Å². The quantitative estimate of drug-likeness (QED) is 0.0261. The van der Waals surface area contributed by atoms with Crippen molar-refractivity contribution in [2.75, 3.05) is 13.2 Å². The van der Waals surface area contributed by atoms with Crippen LogP contribution in [0.1, 0.15) is 200 Å². The Morgan fingerprint density at radius 1 is 0.473 bits per heavy atom. The predicted octanol–water partition coefficient (Wildman–Crippen LogP) is 14.7. The molecule has 7 atom stereocenters. The largest absolute Gasteiger partial charge is 0.394 e. The molecule has 0 spiro atoms. The lowest BCUT2D eigenvalue weighted by Crippen LogP contribution is -2.60. The first-order valence-electron chi connectivity index (χ1n) is 29.1. The topological polar surface area (TPSA) is 149 Å². The second kappa shape index (κ2) is 52.5. The number of unbranched alkanes of at least 4 members (excludes halogenated alkanes) is 15. The van der Waals surface area contributed by atoms with Crippen molar-refractivity contribution in [2.24, 2.45) is 0 Å². The van der Waals surface area contributed by atoms with E-state index in [9.17, 15) is 30.3 Å². The summed E-state index contributed by atoms with van der Waals surface area (Å²) in [6, 6.07) is -0.851. The van der Waals surface area contributed by atoms with E-state index in [-0.39, 0.29) is 12.5 Å². The van der Waals surface area contributed by atoms with Crippen LogP contribution in [0.4, 0.5) is 0 Å². The summed E-state index contributed by atoms with van der Waals surface area (Å²) in [5, 5.41) is 54.4. The van der Waals surface area contributed by atoms with Crippen molar-refractivity contribution < 1.29 is 39.8 Å². The van der Waals surface area contributed by atoms with Crippen molar-refractivity contribution in [3.63, 3.8) is 0 Å². The first-order valence-corrected chi connectivity index (χ1v) is 29.1. The number of aliphatic hydroxyl groups is 5. The molecular formula is C65H105NO8. The van der Waals surface area contributed by atoms with Gasteiger partial charge in [-0.2, -0.15) is 0 Å². The zero-order valence-corrected chi connectivity index (χ0v) is 46.3. The molecule has 418 valence electrons. The molecule has 0 radical (unpaired) electrons.